The van der Waals surface area contributed by atoms with Crippen molar-refractivity contribution < 1.29 is 9.18 Å². The molecular formula is C14H19FN2O. The third kappa shape index (κ3) is 2.81. The lowest BCUT2D eigenvalue weighted by Crippen LogP contribution is -2.44. The number of benzene rings is 1. The van der Waals surface area contributed by atoms with Crippen molar-refractivity contribution in [3.05, 3.63) is 29.6 Å². The van der Waals surface area contributed by atoms with E-state index < -0.39 is 0 Å². The van der Waals surface area contributed by atoms with Crippen LogP contribution in [0.2, 0.25) is 0 Å². The fourth-order valence-corrected chi connectivity index (χ4v) is 2.27. The molecule has 1 atom stereocenters. The van der Waals surface area contributed by atoms with Gasteiger partial charge in [0.25, 0.3) is 0 Å². The summed E-state index contributed by atoms with van der Waals surface area (Å²) in [5, 5.41) is 2.76. The van der Waals surface area contributed by atoms with E-state index in [1.807, 2.05) is 4.90 Å². The van der Waals surface area contributed by atoms with Gasteiger partial charge in [-0.1, -0.05) is 6.07 Å². The number of carbonyl (C=O) groups is 1. The summed E-state index contributed by atoms with van der Waals surface area (Å²) in [6, 6.07) is 4.89. The molecule has 0 spiro atoms. The summed E-state index contributed by atoms with van der Waals surface area (Å²) in [5.41, 5.74) is 1.10. The van der Waals surface area contributed by atoms with Crippen LogP contribution in [0.15, 0.2) is 18.2 Å². The van der Waals surface area contributed by atoms with Crippen molar-refractivity contribution in [2.24, 2.45) is 0 Å². The normalized spacial score (nSPS) is 19.7. The van der Waals surface area contributed by atoms with E-state index in [2.05, 4.69) is 12.2 Å². The number of urea groups is 1. The second-order valence-electron chi connectivity index (χ2n) is 4.93. The van der Waals surface area contributed by atoms with Crippen molar-refractivity contribution in [2.75, 3.05) is 11.9 Å². The Morgan fingerprint density at radius 2 is 2.22 bits per heavy atom. The van der Waals surface area contributed by atoms with Gasteiger partial charge in [0, 0.05) is 18.3 Å². The molecule has 0 radical (unpaired) electrons. The summed E-state index contributed by atoms with van der Waals surface area (Å²) in [4.78, 5) is 13.9. The van der Waals surface area contributed by atoms with E-state index in [4.69, 9.17) is 0 Å². The largest absolute Gasteiger partial charge is 0.322 e. The summed E-state index contributed by atoms with van der Waals surface area (Å²) in [6.45, 7) is 4.53. The maximum absolute atomic E-state index is 13.4. The van der Waals surface area contributed by atoms with Crippen molar-refractivity contribution in [1.82, 2.24) is 4.90 Å². The fourth-order valence-electron chi connectivity index (χ4n) is 2.27. The molecule has 1 saturated heterocycles. The van der Waals surface area contributed by atoms with Crippen LogP contribution in [-0.4, -0.2) is 23.5 Å². The summed E-state index contributed by atoms with van der Waals surface area (Å²) < 4.78 is 13.4. The van der Waals surface area contributed by atoms with Crippen molar-refractivity contribution >= 4 is 11.7 Å². The van der Waals surface area contributed by atoms with Crippen LogP contribution in [0, 0.1) is 12.7 Å². The van der Waals surface area contributed by atoms with Gasteiger partial charge in [-0.05, 0) is 50.8 Å². The first kappa shape index (κ1) is 12.9. The predicted molar refractivity (Wildman–Crippen MR) is 70.2 cm³/mol. The minimum absolute atomic E-state index is 0.134. The third-order valence-electron chi connectivity index (χ3n) is 3.49. The molecule has 1 aliphatic rings. The van der Waals surface area contributed by atoms with Gasteiger partial charge < -0.3 is 10.2 Å². The molecule has 18 heavy (non-hydrogen) atoms. The Labute approximate surface area is 107 Å². The van der Waals surface area contributed by atoms with E-state index in [1.165, 1.54) is 12.5 Å². The number of aryl methyl sites for hydroxylation is 1. The number of carbonyl (C=O) groups excluding carboxylic acids is 1. The van der Waals surface area contributed by atoms with Crippen molar-refractivity contribution in [1.29, 1.82) is 0 Å². The van der Waals surface area contributed by atoms with Crippen LogP contribution >= 0.6 is 0 Å². The topological polar surface area (TPSA) is 32.3 Å². The first-order chi connectivity index (χ1) is 8.58. The van der Waals surface area contributed by atoms with E-state index >= 15 is 0 Å². The Bertz CT molecular complexity index is 447. The van der Waals surface area contributed by atoms with E-state index in [-0.39, 0.29) is 17.9 Å². The maximum atomic E-state index is 13.4. The van der Waals surface area contributed by atoms with E-state index in [0.717, 1.165) is 19.4 Å². The molecule has 1 fully saturated rings. The molecule has 0 aliphatic carbocycles. The molecule has 0 saturated carbocycles. The number of likely N-dealkylation sites (tertiary alicyclic amines) is 1. The Hall–Kier alpha value is -1.58. The van der Waals surface area contributed by atoms with Crippen molar-refractivity contribution in [3.63, 3.8) is 0 Å². The van der Waals surface area contributed by atoms with Gasteiger partial charge in [0.05, 0.1) is 0 Å². The number of nitrogens with one attached hydrogen (secondary N) is 1. The van der Waals surface area contributed by atoms with Gasteiger partial charge >= 0.3 is 6.03 Å². The van der Waals surface area contributed by atoms with Crippen LogP contribution in [0.1, 0.15) is 31.7 Å². The highest BCUT2D eigenvalue weighted by Crippen LogP contribution is 2.19. The van der Waals surface area contributed by atoms with Gasteiger partial charge in [-0.3, -0.25) is 0 Å². The number of nitrogens with zero attached hydrogens (tertiary/aromatic N) is 1. The highest BCUT2D eigenvalue weighted by molar-refractivity contribution is 5.89. The zero-order valence-corrected chi connectivity index (χ0v) is 10.9. The second kappa shape index (κ2) is 5.38. The highest BCUT2D eigenvalue weighted by Gasteiger charge is 2.23. The predicted octanol–water partition coefficient (Wildman–Crippen LogP) is 3.54. The minimum atomic E-state index is -0.292. The molecule has 0 unspecified atom stereocenters. The molecule has 2 rings (SSSR count). The van der Waals surface area contributed by atoms with Crippen LogP contribution < -0.4 is 5.32 Å². The van der Waals surface area contributed by atoms with Crippen LogP contribution in [0.25, 0.3) is 0 Å². The van der Waals surface area contributed by atoms with Crippen LogP contribution in [0.3, 0.4) is 0 Å². The Balaban J connectivity index is 2.04. The Morgan fingerprint density at radius 3 is 2.89 bits per heavy atom. The number of piperidine rings is 1. The molecule has 3 nitrogen and oxygen atoms in total. The van der Waals surface area contributed by atoms with Gasteiger partial charge in [-0.15, -0.1) is 0 Å². The summed E-state index contributed by atoms with van der Waals surface area (Å²) in [5.74, 6) is -0.292. The molecule has 98 valence electrons. The standard InChI is InChI=1S/C14H19FN2O/c1-10-6-7-12(9-13(10)15)16-14(18)17-8-4-3-5-11(17)2/h6-7,9,11H,3-5,8H2,1-2H3,(H,16,18)/t11-/m1/s1. The third-order valence-corrected chi connectivity index (χ3v) is 3.49. The Morgan fingerprint density at radius 1 is 1.44 bits per heavy atom. The number of rotatable bonds is 1. The molecule has 1 N–H and O–H groups in total. The molecule has 1 heterocycles. The van der Waals surface area contributed by atoms with Gasteiger partial charge in [0.1, 0.15) is 5.82 Å². The lowest BCUT2D eigenvalue weighted by molar-refractivity contribution is 0.170. The van der Waals surface area contributed by atoms with Gasteiger partial charge in [-0.2, -0.15) is 0 Å². The molecular weight excluding hydrogens is 231 g/mol. The zero-order chi connectivity index (χ0) is 13.1. The quantitative estimate of drug-likeness (QED) is 0.812. The average molecular weight is 250 g/mol. The van der Waals surface area contributed by atoms with E-state index in [0.29, 0.717) is 11.3 Å². The van der Waals surface area contributed by atoms with Crippen LogP contribution in [0.4, 0.5) is 14.9 Å². The number of hydrogen-bond acceptors (Lipinski definition) is 1. The fraction of sp³-hybridized carbons (Fsp3) is 0.500. The summed E-state index contributed by atoms with van der Waals surface area (Å²) in [7, 11) is 0. The molecule has 4 heteroatoms. The first-order valence-corrected chi connectivity index (χ1v) is 6.41. The number of hydrogen-bond donors (Lipinski definition) is 1. The molecule has 2 amide bonds. The lowest BCUT2D eigenvalue weighted by Gasteiger charge is -2.33. The lowest BCUT2D eigenvalue weighted by atomic mass is 10.0. The monoisotopic (exact) mass is 250 g/mol. The van der Waals surface area contributed by atoms with Crippen molar-refractivity contribution in [3.8, 4) is 0 Å². The number of amides is 2. The molecule has 1 aromatic carbocycles. The second-order valence-corrected chi connectivity index (χ2v) is 4.93. The van der Waals surface area contributed by atoms with Crippen LogP contribution in [-0.2, 0) is 0 Å². The van der Waals surface area contributed by atoms with E-state index in [1.54, 1.807) is 19.1 Å². The smallest absolute Gasteiger partial charge is 0.322 e. The summed E-state index contributed by atoms with van der Waals surface area (Å²) in [6.07, 6.45) is 3.25. The SMILES string of the molecule is Cc1ccc(NC(=O)N2CCCC[C@H]2C)cc1F. The molecule has 0 bridgehead atoms. The molecule has 1 aliphatic heterocycles. The molecule has 0 aromatic heterocycles. The van der Waals surface area contributed by atoms with Gasteiger partial charge in [0.2, 0.25) is 0 Å². The molecule has 1 aromatic rings. The van der Waals surface area contributed by atoms with Gasteiger partial charge in [0.15, 0.2) is 0 Å². The van der Waals surface area contributed by atoms with Crippen molar-refractivity contribution in [2.45, 2.75) is 39.2 Å². The minimum Gasteiger partial charge on any atom is -0.322 e. The zero-order valence-electron chi connectivity index (χ0n) is 10.9. The van der Waals surface area contributed by atoms with Gasteiger partial charge in [-0.25, -0.2) is 9.18 Å². The summed E-state index contributed by atoms with van der Waals surface area (Å²) >= 11 is 0. The maximum Gasteiger partial charge on any atom is 0.322 e. The Kier molecular flexibility index (Phi) is 3.84. The number of anilines is 1. The average Bonchev–Trinajstić information content (AvgIpc) is 2.34. The number of halogens is 1. The first-order valence-electron chi connectivity index (χ1n) is 6.41. The van der Waals surface area contributed by atoms with Crippen LogP contribution in [0.5, 0.6) is 0 Å². The van der Waals surface area contributed by atoms with E-state index in [9.17, 15) is 9.18 Å². The highest BCUT2D eigenvalue weighted by atomic mass is 19.1.